The zero-order valence-corrected chi connectivity index (χ0v) is 20.9. The molecule has 0 atom stereocenters. The molecule has 0 saturated heterocycles. The third-order valence-electron chi connectivity index (χ3n) is 4.84. The van der Waals surface area contributed by atoms with E-state index < -0.39 is 26.2 Å². The number of fused-ring (bicyclic) bond motifs is 1. The van der Waals surface area contributed by atoms with Crippen molar-refractivity contribution in [2.75, 3.05) is 12.8 Å². The van der Waals surface area contributed by atoms with Crippen molar-refractivity contribution >= 4 is 43.2 Å². The Morgan fingerprint density at radius 1 is 1.21 bits per heavy atom. The molecule has 0 spiro atoms. The molecule has 2 aromatic heterocycles. The predicted molar refractivity (Wildman–Crippen MR) is 129 cm³/mol. The molecular weight excluding hydrogens is 482 g/mol. The highest BCUT2D eigenvalue weighted by Gasteiger charge is 2.17. The summed E-state index contributed by atoms with van der Waals surface area (Å²) in [6.45, 7) is 3.92. The van der Waals surface area contributed by atoms with E-state index in [1.807, 2.05) is 17.7 Å². The average molecular weight is 510 g/mol. The Bertz CT molecular complexity index is 1450. The Morgan fingerprint density at radius 2 is 1.94 bits per heavy atom. The van der Waals surface area contributed by atoms with Crippen molar-refractivity contribution in [3.05, 3.63) is 47.8 Å². The van der Waals surface area contributed by atoms with Crippen molar-refractivity contribution in [2.24, 2.45) is 7.05 Å². The van der Waals surface area contributed by atoms with Crippen LogP contribution in [0.3, 0.4) is 0 Å². The van der Waals surface area contributed by atoms with Gasteiger partial charge in [-0.3, -0.25) is 9.48 Å². The molecule has 1 aromatic carbocycles. The third kappa shape index (κ3) is 6.24. The zero-order valence-electron chi connectivity index (χ0n) is 19.3. The van der Waals surface area contributed by atoms with Crippen LogP contribution in [0, 0.1) is 6.92 Å². The van der Waals surface area contributed by atoms with E-state index >= 15 is 0 Å². The van der Waals surface area contributed by atoms with E-state index in [4.69, 9.17) is 4.18 Å². The zero-order chi connectivity index (χ0) is 25.1. The quantitative estimate of drug-likeness (QED) is 0.241. The first kappa shape index (κ1) is 25.5. The lowest BCUT2D eigenvalue weighted by Gasteiger charge is -2.09. The van der Waals surface area contributed by atoms with Crippen LogP contribution in [0.5, 0.6) is 5.75 Å². The number of nitrogens with one attached hydrogen (secondary N) is 2. The first-order chi connectivity index (χ1) is 15.9. The second-order valence-electron chi connectivity index (χ2n) is 7.69. The van der Waals surface area contributed by atoms with Crippen LogP contribution in [0.15, 0.2) is 36.5 Å². The lowest BCUT2D eigenvalue weighted by atomic mass is 10.2. The Morgan fingerprint density at radius 3 is 2.62 bits per heavy atom. The minimum Gasteiger partial charge on any atom is -0.383 e. The molecule has 0 unspecified atom stereocenters. The van der Waals surface area contributed by atoms with Crippen LogP contribution < -0.4 is 13.6 Å². The van der Waals surface area contributed by atoms with Gasteiger partial charge in [0.2, 0.25) is 0 Å². The summed E-state index contributed by atoms with van der Waals surface area (Å²) in [6, 6.07) is 6.72. The second-order valence-corrected chi connectivity index (χ2v) is 10.8. The van der Waals surface area contributed by atoms with Crippen LogP contribution in [0.4, 0.5) is 0 Å². The summed E-state index contributed by atoms with van der Waals surface area (Å²) in [7, 11) is -5.92. The fourth-order valence-electron chi connectivity index (χ4n) is 3.41. The number of amides is 1. The van der Waals surface area contributed by atoms with Crippen LogP contribution >= 0.6 is 0 Å². The lowest BCUT2D eigenvalue weighted by Crippen LogP contribution is -2.39. The molecule has 2 N–H and O–H groups in total. The number of aromatic nitrogens is 3. The van der Waals surface area contributed by atoms with Gasteiger partial charge in [0.05, 0.1) is 17.5 Å². The number of carbonyl (C=O) groups is 1. The number of nitrogens with zero attached hydrogens (tertiary/aromatic N) is 3. The molecule has 184 valence electrons. The number of hydrogen-bond donors (Lipinski definition) is 2. The van der Waals surface area contributed by atoms with Gasteiger partial charge in [0.1, 0.15) is 11.6 Å². The average Bonchev–Trinajstić information content (AvgIpc) is 3.23. The van der Waals surface area contributed by atoms with Crippen molar-refractivity contribution in [1.29, 1.82) is 0 Å². The first-order valence-corrected chi connectivity index (χ1v) is 13.7. The summed E-state index contributed by atoms with van der Waals surface area (Å²) in [5.41, 5.74) is 1.85. The maximum absolute atomic E-state index is 12.2. The van der Waals surface area contributed by atoms with Crippen LogP contribution in [0.25, 0.3) is 22.8 Å². The number of benzene rings is 1. The molecule has 0 bridgehead atoms. The molecule has 0 aliphatic rings. The second kappa shape index (κ2) is 9.99. The van der Waals surface area contributed by atoms with Gasteiger partial charge in [-0.05, 0) is 37.6 Å². The Kier molecular flexibility index (Phi) is 7.48. The Labute approximate surface area is 198 Å². The van der Waals surface area contributed by atoms with E-state index in [0.29, 0.717) is 29.0 Å². The standard InChI is InChI=1S/C21H27N5O6S2/c1-5-6-12-22-34(30,31)24-20(27)10-9-18-15(2)23-25(3)21(18)26-13-11-16-7-8-17(14-19(16)26)32-33(4,28)29/h7-11,13-14,22H,5-6,12H2,1-4H3,(H,24,27). The van der Waals surface area contributed by atoms with Gasteiger partial charge in [0.25, 0.3) is 5.91 Å². The minimum absolute atomic E-state index is 0.158. The molecule has 0 fully saturated rings. The van der Waals surface area contributed by atoms with Gasteiger partial charge in [-0.15, -0.1) is 0 Å². The third-order valence-corrected chi connectivity index (χ3v) is 6.39. The van der Waals surface area contributed by atoms with Crippen LogP contribution in [-0.2, 0) is 32.2 Å². The van der Waals surface area contributed by atoms with Crippen molar-refractivity contribution < 1.29 is 25.8 Å². The van der Waals surface area contributed by atoms with Gasteiger partial charge in [0, 0.05) is 42.9 Å². The molecule has 0 aliphatic carbocycles. The minimum atomic E-state index is -3.95. The van der Waals surface area contributed by atoms with Crippen LogP contribution in [0.2, 0.25) is 0 Å². The summed E-state index contributed by atoms with van der Waals surface area (Å²) < 4.78 is 59.7. The molecule has 13 heteroatoms. The highest BCUT2D eigenvalue weighted by atomic mass is 32.2. The van der Waals surface area contributed by atoms with E-state index in [1.54, 1.807) is 47.6 Å². The van der Waals surface area contributed by atoms with E-state index in [2.05, 4.69) is 9.82 Å². The molecule has 3 rings (SSSR count). The van der Waals surface area contributed by atoms with Gasteiger partial charge >= 0.3 is 20.3 Å². The summed E-state index contributed by atoms with van der Waals surface area (Å²) in [5.74, 6) is -0.0533. The molecule has 34 heavy (non-hydrogen) atoms. The molecule has 0 radical (unpaired) electrons. The van der Waals surface area contributed by atoms with E-state index in [9.17, 15) is 21.6 Å². The van der Waals surface area contributed by atoms with E-state index in [-0.39, 0.29) is 12.3 Å². The summed E-state index contributed by atoms with van der Waals surface area (Å²) >= 11 is 0. The predicted octanol–water partition coefficient (Wildman–Crippen LogP) is 1.77. The fraction of sp³-hybridized carbons (Fsp3) is 0.333. The van der Waals surface area contributed by atoms with Gasteiger partial charge in [-0.1, -0.05) is 13.3 Å². The van der Waals surface area contributed by atoms with Crippen molar-refractivity contribution in [3.63, 3.8) is 0 Å². The SMILES string of the molecule is CCCCNS(=O)(=O)NC(=O)C=Cc1c(C)nn(C)c1-n1ccc2ccc(OS(C)(=O)=O)cc21. The lowest BCUT2D eigenvalue weighted by molar-refractivity contribution is -0.114. The maximum atomic E-state index is 12.2. The normalized spacial score (nSPS) is 12.5. The molecule has 0 saturated carbocycles. The largest absolute Gasteiger partial charge is 0.383 e. The fourth-order valence-corrected chi connectivity index (χ4v) is 4.68. The number of carbonyl (C=O) groups excluding carboxylic acids is 1. The van der Waals surface area contributed by atoms with Gasteiger partial charge in [-0.2, -0.15) is 26.7 Å². The summed E-state index contributed by atoms with van der Waals surface area (Å²) in [5, 5.41) is 5.24. The van der Waals surface area contributed by atoms with Crippen molar-refractivity contribution in [1.82, 2.24) is 23.8 Å². The molecule has 3 aromatic rings. The van der Waals surface area contributed by atoms with Crippen LogP contribution in [-0.4, -0.2) is 49.9 Å². The Balaban J connectivity index is 1.93. The van der Waals surface area contributed by atoms with E-state index in [1.165, 1.54) is 6.08 Å². The van der Waals surface area contributed by atoms with Crippen molar-refractivity contribution in [3.8, 4) is 11.6 Å². The Hall–Kier alpha value is -3.16. The van der Waals surface area contributed by atoms with E-state index in [0.717, 1.165) is 24.1 Å². The van der Waals surface area contributed by atoms with Crippen LogP contribution in [0.1, 0.15) is 31.0 Å². The summed E-state index contributed by atoms with van der Waals surface area (Å²) in [4.78, 5) is 12.2. The molecular formula is C21H27N5O6S2. The number of unbranched alkanes of at least 4 members (excludes halogenated alkanes) is 1. The highest BCUT2D eigenvalue weighted by molar-refractivity contribution is 7.88. The number of hydrogen-bond acceptors (Lipinski definition) is 7. The highest BCUT2D eigenvalue weighted by Crippen LogP contribution is 2.28. The smallest absolute Gasteiger partial charge is 0.306 e. The summed E-state index contributed by atoms with van der Waals surface area (Å²) in [6.07, 6.45) is 6.83. The van der Waals surface area contributed by atoms with Crippen molar-refractivity contribution in [2.45, 2.75) is 26.7 Å². The molecule has 2 heterocycles. The number of rotatable bonds is 10. The monoisotopic (exact) mass is 509 g/mol. The number of aryl methyl sites for hydroxylation is 2. The maximum Gasteiger partial charge on any atom is 0.306 e. The molecule has 0 aliphatic heterocycles. The molecule has 1 amide bonds. The van der Waals surface area contributed by atoms with Gasteiger partial charge in [0.15, 0.2) is 0 Å². The van der Waals surface area contributed by atoms with Gasteiger partial charge < -0.3 is 8.75 Å². The first-order valence-electron chi connectivity index (χ1n) is 10.4. The molecule has 11 nitrogen and oxygen atoms in total. The van der Waals surface area contributed by atoms with Gasteiger partial charge in [-0.25, -0.2) is 4.72 Å². The topological polar surface area (TPSA) is 141 Å².